The molecule has 108 valence electrons. The van der Waals surface area contributed by atoms with Crippen LogP contribution in [0.4, 0.5) is 5.69 Å². The molecule has 0 fully saturated rings. The molecule has 20 heavy (non-hydrogen) atoms. The predicted octanol–water partition coefficient (Wildman–Crippen LogP) is 1.54. The van der Waals surface area contributed by atoms with Crippen LogP contribution in [0.25, 0.3) is 0 Å². The maximum Gasteiger partial charge on any atom is 0.337 e. The highest BCUT2D eigenvalue weighted by Gasteiger charge is 2.26. The fraction of sp³-hybridized carbons (Fsp3) is 0.429. The number of methoxy groups -OCH3 is 1. The van der Waals surface area contributed by atoms with Crippen molar-refractivity contribution in [3.8, 4) is 5.75 Å². The number of carboxylic acids is 1. The standard InChI is InChI=1S/C14H17NO5/c1-15-10(4-6-13(16)17)8-20-12-7-9(14(18)19-2)3-5-11(12)15/h3,5,7,10H,4,6,8H2,1-2H3,(H,16,17). The van der Waals surface area contributed by atoms with Crippen molar-refractivity contribution in [3.05, 3.63) is 23.8 Å². The minimum atomic E-state index is -0.815. The second-order valence-corrected chi connectivity index (χ2v) is 4.68. The van der Waals surface area contributed by atoms with Crippen LogP contribution in [0.15, 0.2) is 18.2 Å². The maximum atomic E-state index is 11.5. The molecule has 1 heterocycles. The summed E-state index contributed by atoms with van der Waals surface area (Å²) in [5.74, 6) is -0.612. The third-order valence-corrected chi connectivity index (χ3v) is 3.43. The van der Waals surface area contributed by atoms with Crippen molar-refractivity contribution in [1.82, 2.24) is 0 Å². The van der Waals surface area contributed by atoms with Gasteiger partial charge in [-0.1, -0.05) is 0 Å². The Kier molecular flexibility index (Phi) is 4.12. The lowest BCUT2D eigenvalue weighted by Gasteiger charge is -2.35. The van der Waals surface area contributed by atoms with E-state index in [2.05, 4.69) is 4.74 Å². The summed E-state index contributed by atoms with van der Waals surface area (Å²) in [6, 6.07) is 5.12. The molecule has 1 aliphatic rings. The number of rotatable bonds is 4. The van der Waals surface area contributed by atoms with E-state index in [1.54, 1.807) is 18.2 Å². The van der Waals surface area contributed by atoms with Gasteiger partial charge in [-0.25, -0.2) is 4.79 Å². The highest BCUT2D eigenvalue weighted by Crippen LogP contribution is 2.34. The molecular formula is C14H17NO5. The van der Waals surface area contributed by atoms with Gasteiger partial charge in [-0.15, -0.1) is 0 Å². The molecule has 0 radical (unpaired) electrons. The number of ether oxygens (including phenoxy) is 2. The first-order valence-electron chi connectivity index (χ1n) is 6.32. The van der Waals surface area contributed by atoms with E-state index in [-0.39, 0.29) is 12.5 Å². The predicted molar refractivity (Wildman–Crippen MR) is 72.3 cm³/mol. The van der Waals surface area contributed by atoms with Crippen molar-refractivity contribution in [3.63, 3.8) is 0 Å². The summed E-state index contributed by atoms with van der Waals surface area (Å²) in [5.41, 5.74) is 1.28. The first kappa shape index (κ1) is 14.2. The van der Waals surface area contributed by atoms with E-state index in [1.807, 2.05) is 11.9 Å². The second-order valence-electron chi connectivity index (χ2n) is 4.68. The summed E-state index contributed by atoms with van der Waals surface area (Å²) in [6.45, 7) is 0.404. The minimum absolute atomic E-state index is 0.0163. The first-order chi connectivity index (χ1) is 9.52. The van der Waals surface area contributed by atoms with Crippen LogP contribution < -0.4 is 9.64 Å². The zero-order chi connectivity index (χ0) is 14.7. The number of hydrogen-bond donors (Lipinski definition) is 1. The molecule has 0 aliphatic carbocycles. The lowest BCUT2D eigenvalue weighted by molar-refractivity contribution is -0.137. The number of esters is 1. The highest BCUT2D eigenvalue weighted by molar-refractivity contribution is 5.90. The fourth-order valence-electron chi connectivity index (χ4n) is 2.23. The van der Waals surface area contributed by atoms with Crippen LogP contribution in [-0.4, -0.2) is 43.9 Å². The first-order valence-corrected chi connectivity index (χ1v) is 6.32. The number of likely N-dealkylation sites (N-methyl/N-ethyl adjacent to an activating group) is 1. The number of hydrogen-bond acceptors (Lipinski definition) is 5. The zero-order valence-electron chi connectivity index (χ0n) is 11.5. The zero-order valence-corrected chi connectivity index (χ0v) is 11.5. The lowest BCUT2D eigenvalue weighted by atomic mass is 10.1. The van der Waals surface area contributed by atoms with Crippen molar-refractivity contribution in [2.24, 2.45) is 0 Å². The average molecular weight is 279 g/mol. The van der Waals surface area contributed by atoms with Crippen molar-refractivity contribution in [2.75, 3.05) is 25.7 Å². The largest absolute Gasteiger partial charge is 0.489 e. The fourth-order valence-corrected chi connectivity index (χ4v) is 2.23. The molecule has 1 aliphatic heterocycles. The molecule has 0 saturated heterocycles. The second kappa shape index (κ2) is 5.81. The molecule has 0 aromatic heterocycles. The van der Waals surface area contributed by atoms with E-state index >= 15 is 0 Å². The van der Waals surface area contributed by atoms with Gasteiger partial charge in [0.25, 0.3) is 0 Å². The Morgan fingerprint density at radius 3 is 2.90 bits per heavy atom. The minimum Gasteiger partial charge on any atom is -0.489 e. The van der Waals surface area contributed by atoms with Crippen LogP contribution in [0.5, 0.6) is 5.75 Å². The number of fused-ring (bicyclic) bond motifs is 1. The topological polar surface area (TPSA) is 76.1 Å². The molecule has 0 spiro atoms. The van der Waals surface area contributed by atoms with Gasteiger partial charge in [-0.3, -0.25) is 4.79 Å². The van der Waals surface area contributed by atoms with Crippen molar-refractivity contribution < 1.29 is 24.2 Å². The summed E-state index contributed by atoms with van der Waals surface area (Å²) < 4.78 is 10.3. The number of carbonyl (C=O) groups excluding carboxylic acids is 1. The molecule has 1 unspecified atom stereocenters. The molecule has 2 rings (SSSR count). The third kappa shape index (κ3) is 2.84. The van der Waals surface area contributed by atoms with E-state index in [0.717, 1.165) is 5.69 Å². The van der Waals surface area contributed by atoms with Crippen LogP contribution in [0.1, 0.15) is 23.2 Å². The number of nitrogens with zero attached hydrogens (tertiary/aromatic N) is 1. The number of anilines is 1. The van der Waals surface area contributed by atoms with Crippen LogP contribution in [0.2, 0.25) is 0 Å². The van der Waals surface area contributed by atoms with Gasteiger partial charge in [0, 0.05) is 13.5 Å². The summed E-state index contributed by atoms with van der Waals surface area (Å²) in [5, 5.41) is 8.74. The Bertz CT molecular complexity index is 528. The van der Waals surface area contributed by atoms with Gasteiger partial charge in [0.05, 0.1) is 24.4 Å². The third-order valence-electron chi connectivity index (χ3n) is 3.43. The molecule has 1 atom stereocenters. The molecule has 1 aromatic carbocycles. The van der Waals surface area contributed by atoms with E-state index in [0.29, 0.717) is 24.3 Å². The number of carbonyl (C=O) groups is 2. The van der Waals surface area contributed by atoms with Gasteiger partial charge >= 0.3 is 11.9 Å². The molecule has 0 bridgehead atoms. The van der Waals surface area contributed by atoms with Crippen molar-refractivity contribution in [2.45, 2.75) is 18.9 Å². The van der Waals surface area contributed by atoms with E-state index in [4.69, 9.17) is 9.84 Å². The average Bonchev–Trinajstić information content (AvgIpc) is 2.45. The Morgan fingerprint density at radius 1 is 1.50 bits per heavy atom. The summed E-state index contributed by atoms with van der Waals surface area (Å²) >= 11 is 0. The van der Waals surface area contributed by atoms with Crippen LogP contribution in [-0.2, 0) is 9.53 Å². The van der Waals surface area contributed by atoms with Crippen LogP contribution in [0.3, 0.4) is 0 Å². The van der Waals surface area contributed by atoms with Gasteiger partial charge in [0.15, 0.2) is 0 Å². The number of benzene rings is 1. The number of carboxylic acid groups (broad SMARTS) is 1. The van der Waals surface area contributed by atoms with Crippen LogP contribution >= 0.6 is 0 Å². The highest BCUT2D eigenvalue weighted by atomic mass is 16.5. The van der Waals surface area contributed by atoms with E-state index in [9.17, 15) is 9.59 Å². The Labute approximate surface area is 116 Å². The molecule has 0 amide bonds. The van der Waals surface area contributed by atoms with Crippen molar-refractivity contribution in [1.29, 1.82) is 0 Å². The Balaban J connectivity index is 2.16. The monoisotopic (exact) mass is 279 g/mol. The molecule has 6 nitrogen and oxygen atoms in total. The summed E-state index contributed by atoms with van der Waals surface area (Å²) in [7, 11) is 3.22. The normalized spacial score (nSPS) is 17.1. The molecule has 6 heteroatoms. The van der Waals surface area contributed by atoms with Crippen molar-refractivity contribution >= 4 is 17.6 Å². The molecule has 0 saturated carbocycles. The number of aliphatic carboxylic acids is 1. The van der Waals surface area contributed by atoms with E-state index in [1.165, 1.54) is 7.11 Å². The SMILES string of the molecule is COC(=O)c1ccc2c(c1)OCC(CCC(=O)O)N2C. The van der Waals surface area contributed by atoms with Gasteiger partial charge in [0.1, 0.15) is 12.4 Å². The Hall–Kier alpha value is -2.24. The van der Waals surface area contributed by atoms with Gasteiger partial charge in [-0.2, -0.15) is 0 Å². The van der Waals surface area contributed by atoms with Crippen LogP contribution in [0, 0.1) is 0 Å². The van der Waals surface area contributed by atoms with Gasteiger partial charge < -0.3 is 19.5 Å². The van der Waals surface area contributed by atoms with Gasteiger partial charge in [-0.05, 0) is 24.6 Å². The molecular weight excluding hydrogens is 262 g/mol. The smallest absolute Gasteiger partial charge is 0.337 e. The summed E-state index contributed by atoms with van der Waals surface area (Å²) in [6.07, 6.45) is 0.623. The summed E-state index contributed by atoms with van der Waals surface area (Å²) in [4.78, 5) is 24.1. The molecule has 1 aromatic rings. The Morgan fingerprint density at radius 2 is 2.25 bits per heavy atom. The maximum absolute atomic E-state index is 11.5. The molecule has 1 N–H and O–H groups in total. The lowest BCUT2D eigenvalue weighted by Crippen LogP contribution is -2.40. The quantitative estimate of drug-likeness (QED) is 0.842. The van der Waals surface area contributed by atoms with E-state index < -0.39 is 11.9 Å². The van der Waals surface area contributed by atoms with Gasteiger partial charge in [0.2, 0.25) is 0 Å².